The number of carbonyl (C=O) groups is 1. The molecule has 0 aromatic heterocycles. The van der Waals surface area contributed by atoms with Gasteiger partial charge >= 0.3 is 0 Å². The van der Waals surface area contributed by atoms with Gasteiger partial charge in [-0.2, -0.15) is 5.10 Å². The first-order valence-corrected chi connectivity index (χ1v) is 8.48. The first-order valence-electron chi connectivity index (χ1n) is 8.10. The van der Waals surface area contributed by atoms with Crippen LogP contribution in [-0.4, -0.2) is 36.9 Å². The zero-order valence-electron chi connectivity index (χ0n) is 14.4. The number of hydrogen-bond donors (Lipinski definition) is 2. The number of aliphatic hydroxyl groups is 1. The summed E-state index contributed by atoms with van der Waals surface area (Å²) in [4.78, 5) is 14.1. The summed E-state index contributed by atoms with van der Waals surface area (Å²) in [5, 5.41) is 13.6. The van der Waals surface area contributed by atoms with Crippen molar-refractivity contribution in [1.29, 1.82) is 0 Å². The lowest BCUT2D eigenvalue weighted by molar-refractivity contribution is 0.0955. The SMILES string of the molecule is CCN(CCO)c1ccc(/C=N\NC(=O)c2cccc(Cl)c2)c(C)c1. The third-order valence-corrected chi connectivity index (χ3v) is 4.06. The lowest BCUT2D eigenvalue weighted by atomic mass is 10.1. The smallest absolute Gasteiger partial charge is 0.271 e. The van der Waals surface area contributed by atoms with Crippen LogP contribution in [0.2, 0.25) is 5.02 Å². The van der Waals surface area contributed by atoms with E-state index < -0.39 is 0 Å². The van der Waals surface area contributed by atoms with E-state index >= 15 is 0 Å². The number of carbonyl (C=O) groups excluding carboxylic acids is 1. The van der Waals surface area contributed by atoms with Gasteiger partial charge in [0.15, 0.2) is 0 Å². The predicted octanol–water partition coefficient (Wildman–Crippen LogP) is 3.23. The molecular weight excluding hydrogens is 338 g/mol. The van der Waals surface area contributed by atoms with Crippen LogP contribution in [0.1, 0.15) is 28.4 Å². The minimum absolute atomic E-state index is 0.117. The zero-order valence-corrected chi connectivity index (χ0v) is 15.1. The topological polar surface area (TPSA) is 64.9 Å². The van der Waals surface area contributed by atoms with Crippen molar-refractivity contribution in [2.75, 3.05) is 24.6 Å². The summed E-state index contributed by atoms with van der Waals surface area (Å²) in [6.07, 6.45) is 1.61. The van der Waals surface area contributed by atoms with Crippen LogP contribution in [0.25, 0.3) is 0 Å². The number of aryl methyl sites for hydroxylation is 1. The minimum atomic E-state index is -0.312. The standard InChI is InChI=1S/C19H22ClN3O2/c1-3-23(9-10-24)18-8-7-16(14(2)11-18)13-21-22-19(25)15-5-4-6-17(20)12-15/h4-8,11-13,24H,3,9-10H2,1-2H3,(H,22,25)/b21-13-. The fourth-order valence-electron chi connectivity index (χ4n) is 2.45. The molecule has 6 heteroatoms. The zero-order chi connectivity index (χ0) is 18.2. The summed E-state index contributed by atoms with van der Waals surface area (Å²) in [5.41, 5.74) is 5.96. The monoisotopic (exact) mass is 359 g/mol. The quantitative estimate of drug-likeness (QED) is 0.589. The average Bonchev–Trinajstić information content (AvgIpc) is 2.61. The van der Waals surface area contributed by atoms with Crippen LogP contribution in [-0.2, 0) is 0 Å². The van der Waals surface area contributed by atoms with E-state index in [0.717, 1.165) is 23.4 Å². The van der Waals surface area contributed by atoms with Gasteiger partial charge in [0.1, 0.15) is 0 Å². The molecule has 2 aromatic rings. The van der Waals surface area contributed by atoms with Crippen molar-refractivity contribution in [2.24, 2.45) is 5.10 Å². The van der Waals surface area contributed by atoms with E-state index in [-0.39, 0.29) is 12.5 Å². The molecule has 2 N–H and O–H groups in total. The Morgan fingerprint density at radius 3 is 2.76 bits per heavy atom. The van der Waals surface area contributed by atoms with Crippen LogP contribution in [0.4, 0.5) is 5.69 Å². The van der Waals surface area contributed by atoms with E-state index in [1.54, 1.807) is 30.5 Å². The molecule has 0 spiro atoms. The van der Waals surface area contributed by atoms with Crippen LogP contribution < -0.4 is 10.3 Å². The van der Waals surface area contributed by atoms with Gasteiger partial charge in [-0.15, -0.1) is 0 Å². The van der Waals surface area contributed by atoms with Gasteiger partial charge in [-0.05, 0) is 55.3 Å². The molecule has 132 valence electrons. The highest BCUT2D eigenvalue weighted by Gasteiger charge is 2.06. The molecule has 2 aromatic carbocycles. The van der Waals surface area contributed by atoms with Gasteiger partial charge in [0.25, 0.3) is 5.91 Å². The molecule has 0 fully saturated rings. The van der Waals surface area contributed by atoms with E-state index in [1.807, 2.05) is 32.0 Å². The van der Waals surface area contributed by atoms with Crippen LogP contribution in [0, 0.1) is 6.92 Å². The fourth-order valence-corrected chi connectivity index (χ4v) is 2.64. The Bertz CT molecular complexity index is 762. The molecule has 0 unspecified atom stereocenters. The molecular formula is C19H22ClN3O2. The molecule has 25 heavy (non-hydrogen) atoms. The number of nitrogens with zero attached hydrogens (tertiary/aromatic N) is 2. The van der Waals surface area contributed by atoms with Crippen molar-refractivity contribution in [3.05, 3.63) is 64.2 Å². The number of aliphatic hydroxyl groups excluding tert-OH is 1. The maximum atomic E-state index is 12.0. The number of nitrogens with one attached hydrogen (secondary N) is 1. The largest absolute Gasteiger partial charge is 0.395 e. The van der Waals surface area contributed by atoms with Gasteiger partial charge in [-0.1, -0.05) is 23.7 Å². The average molecular weight is 360 g/mol. The number of hydrogen-bond acceptors (Lipinski definition) is 4. The van der Waals surface area contributed by atoms with Crippen molar-refractivity contribution in [1.82, 2.24) is 5.43 Å². The minimum Gasteiger partial charge on any atom is -0.395 e. The summed E-state index contributed by atoms with van der Waals surface area (Å²) in [5.74, 6) is -0.312. The summed E-state index contributed by atoms with van der Waals surface area (Å²) in [6.45, 7) is 5.57. The molecule has 0 atom stereocenters. The Morgan fingerprint density at radius 2 is 2.12 bits per heavy atom. The normalized spacial score (nSPS) is 10.9. The second kappa shape index (κ2) is 9.20. The van der Waals surface area contributed by atoms with E-state index in [1.165, 1.54) is 0 Å². The van der Waals surface area contributed by atoms with Gasteiger partial charge in [-0.3, -0.25) is 4.79 Å². The van der Waals surface area contributed by atoms with E-state index in [4.69, 9.17) is 16.7 Å². The Kier molecular flexibility index (Phi) is 6.98. The van der Waals surface area contributed by atoms with Crippen LogP contribution in [0.15, 0.2) is 47.6 Å². The third-order valence-electron chi connectivity index (χ3n) is 3.83. The van der Waals surface area contributed by atoms with Gasteiger partial charge in [0.2, 0.25) is 0 Å². The molecule has 5 nitrogen and oxygen atoms in total. The number of amides is 1. The molecule has 0 aliphatic rings. The predicted molar refractivity (Wildman–Crippen MR) is 103 cm³/mol. The molecule has 0 aliphatic carbocycles. The number of anilines is 1. The Labute approximate surface area is 152 Å². The second-order valence-corrected chi connectivity index (χ2v) is 5.99. The number of halogens is 1. The maximum absolute atomic E-state index is 12.0. The molecule has 0 saturated carbocycles. The molecule has 2 rings (SSSR count). The Balaban J connectivity index is 2.04. The van der Waals surface area contributed by atoms with Crippen molar-refractivity contribution < 1.29 is 9.90 Å². The number of likely N-dealkylation sites (N-methyl/N-ethyl adjacent to an activating group) is 1. The van der Waals surface area contributed by atoms with Crippen LogP contribution in [0.5, 0.6) is 0 Å². The summed E-state index contributed by atoms with van der Waals surface area (Å²) in [7, 11) is 0. The van der Waals surface area contributed by atoms with Gasteiger partial charge in [-0.25, -0.2) is 5.43 Å². The van der Waals surface area contributed by atoms with Crippen molar-refractivity contribution >= 4 is 29.4 Å². The molecule has 0 aliphatic heterocycles. The van der Waals surface area contributed by atoms with Crippen LogP contribution in [0.3, 0.4) is 0 Å². The number of hydrazone groups is 1. The Morgan fingerprint density at radius 1 is 1.32 bits per heavy atom. The first kappa shape index (κ1) is 19.0. The van der Waals surface area contributed by atoms with Crippen molar-refractivity contribution in [3.63, 3.8) is 0 Å². The maximum Gasteiger partial charge on any atom is 0.271 e. The highest BCUT2D eigenvalue weighted by Crippen LogP contribution is 2.18. The fraction of sp³-hybridized carbons (Fsp3) is 0.263. The summed E-state index contributed by atoms with van der Waals surface area (Å²) in [6, 6.07) is 12.7. The first-order chi connectivity index (χ1) is 12.0. The lowest BCUT2D eigenvalue weighted by Crippen LogP contribution is -2.26. The van der Waals surface area contributed by atoms with Crippen LogP contribution >= 0.6 is 11.6 Å². The van der Waals surface area contributed by atoms with Gasteiger partial charge < -0.3 is 10.0 Å². The van der Waals surface area contributed by atoms with Gasteiger partial charge in [0, 0.05) is 29.4 Å². The summed E-state index contributed by atoms with van der Waals surface area (Å²) >= 11 is 5.88. The van der Waals surface area contributed by atoms with Gasteiger partial charge in [0.05, 0.1) is 12.8 Å². The lowest BCUT2D eigenvalue weighted by Gasteiger charge is -2.22. The van der Waals surface area contributed by atoms with Crippen molar-refractivity contribution in [2.45, 2.75) is 13.8 Å². The van der Waals surface area contributed by atoms with E-state index in [0.29, 0.717) is 17.1 Å². The molecule has 1 amide bonds. The number of benzene rings is 2. The molecule has 0 radical (unpaired) electrons. The third kappa shape index (κ3) is 5.31. The highest BCUT2D eigenvalue weighted by molar-refractivity contribution is 6.30. The molecule has 0 bridgehead atoms. The van der Waals surface area contributed by atoms with E-state index in [2.05, 4.69) is 15.4 Å². The Hall–Kier alpha value is -2.37. The molecule has 0 saturated heterocycles. The summed E-state index contributed by atoms with van der Waals surface area (Å²) < 4.78 is 0. The van der Waals surface area contributed by atoms with Crippen molar-refractivity contribution in [3.8, 4) is 0 Å². The number of rotatable bonds is 7. The highest BCUT2D eigenvalue weighted by atomic mass is 35.5. The second-order valence-electron chi connectivity index (χ2n) is 5.55. The van der Waals surface area contributed by atoms with E-state index in [9.17, 15) is 4.79 Å². The molecule has 0 heterocycles.